The Morgan fingerprint density at radius 2 is 1.76 bits per heavy atom. The summed E-state index contributed by atoms with van der Waals surface area (Å²) >= 11 is 0. The molecule has 0 bridgehead atoms. The summed E-state index contributed by atoms with van der Waals surface area (Å²) in [5.74, 6) is 0.786. The van der Waals surface area contributed by atoms with Gasteiger partial charge in [-0.2, -0.15) is 4.98 Å². The van der Waals surface area contributed by atoms with Crippen LogP contribution >= 0.6 is 0 Å². The van der Waals surface area contributed by atoms with Gasteiger partial charge in [0.1, 0.15) is 5.82 Å². The molecule has 2 fully saturated rings. The number of benzene rings is 1. The van der Waals surface area contributed by atoms with Crippen molar-refractivity contribution in [1.29, 1.82) is 0 Å². The smallest absolute Gasteiger partial charge is 0.338 e. The molecule has 1 aromatic heterocycles. The highest BCUT2D eigenvalue weighted by Gasteiger charge is 2.31. The van der Waals surface area contributed by atoms with Gasteiger partial charge in [-0.15, -0.1) is 0 Å². The Labute approximate surface area is 224 Å². The van der Waals surface area contributed by atoms with Gasteiger partial charge in [-0.3, -0.25) is 14.7 Å². The predicted octanol–water partition coefficient (Wildman–Crippen LogP) is 0.728. The SMILES string of the molecule is CC(Cc1ccc(-n2ccc(NC(=O)N3CCN(C(=O)C(C)(C)N)CC3)nc2=O)cc1)N(C)CC1CNC1. The Kier molecular flexibility index (Phi) is 8.49. The van der Waals surface area contributed by atoms with E-state index in [0.29, 0.717) is 37.9 Å². The van der Waals surface area contributed by atoms with Crippen molar-refractivity contribution in [1.82, 2.24) is 29.6 Å². The van der Waals surface area contributed by atoms with Crippen molar-refractivity contribution in [2.75, 3.05) is 58.2 Å². The molecular formula is C27H40N8O3. The van der Waals surface area contributed by atoms with Crippen molar-refractivity contribution in [2.45, 2.75) is 38.8 Å². The van der Waals surface area contributed by atoms with Crippen LogP contribution in [0.4, 0.5) is 10.6 Å². The summed E-state index contributed by atoms with van der Waals surface area (Å²) in [6, 6.07) is 9.60. The Hall–Kier alpha value is -3.28. The van der Waals surface area contributed by atoms with E-state index < -0.39 is 11.2 Å². The van der Waals surface area contributed by atoms with E-state index in [2.05, 4.69) is 34.5 Å². The largest absolute Gasteiger partial charge is 0.354 e. The van der Waals surface area contributed by atoms with Gasteiger partial charge in [-0.05, 0) is 63.9 Å². The lowest BCUT2D eigenvalue weighted by molar-refractivity contribution is -0.137. The van der Waals surface area contributed by atoms with E-state index in [-0.39, 0.29) is 17.8 Å². The van der Waals surface area contributed by atoms with E-state index in [4.69, 9.17) is 5.73 Å². The monoisotopic (exact) mass is 524 g/mol. The molecule has 4 N–H and O–H groups in total. The number of hydrogen-bond acceptors (Lipinski definition) is 7. The summed E-state index contributed by atoms with van der Waals surface area (Å²) in [5, 5.41) is 6.01. The molecule has 206 valence electrons. The lowest BCUT2D eigenvalue weighted by atomic mass is 10.0. The maximum absolute atomic E-state index is 12.7. The quantitative estimate of drug-likeness (QED) is 0.464. The summed E-state index contributed by atoms with van der Waals surface area (Å²) in [6.07, 6.45) is 2.55. The second-order valence-electron chi connectivity index (χ2n) is 11.1. The molecule has 38 heavy (non-hydrogen) atoms. The third kappa shape index (κ3) is 6.77. The molecule has 0 aliphatic carbocycles. The molecule has 2 aliphatic heterocycles. The van der Waals surface area contributed by atoms with Crippen LogP contribution in [0.15, 0.2) is 41.3 Å². The summed E-state index contributed by atoms with van der Waals surface area (Å²) in [4.78, 5) is 47.5. The number of nitrogens with two attached hydrogens (primary N) is 1. The van der Waals surface area contributed by atoms with E-state index in [9.17, 15) is 14.4 Å². The van der Waals surface area contributed by atoms with E-state index in [1.165, 1.54) is 10.1 Å². The fourth-order valence-corrected chi connectivity index (χ4v) is 4.73. The van der Waals surface area contributed by atoms with E-state index in [0.717, 1.165) is 32.0 Å². The lowest BCUT2D eigenvalue weighted by Crippen LogP contribution is -2.58. The van der Waals surface area contributed by atoms with Gasteiger partial charge in [0.25, 0.3) is 0 Å². The third-order valence-electron chi connectivity index (χ3n) is 7.35. The highest BCUT2D eigenvalue weighted by atomic mass is 16.2. The highest BCUT2D eigenvalue weighted by molar-refractivity contribution is 5.89. The molecule has 0 radical (unpaired) electrons. The highest BCUT2D eigenvalue weighted by Crippen LogP contribution is 2.15. The van der Waals surface area contributed by atoms with Crippen LogP contribution in [0.25, 0.3) is 5.69 Å². The second kappa shape index (κ2) is 11.6. The van der Waals surface area contributed by atoms with Gasteiger partial charge >= 0.3 is 11.7 Å². The van der Waals surface area contributed by atoms with Crippen LogP contribution in [-0.2, 0) is 11.2 Å². The van der Waals surface area contributed by atoms with Gasteiger partial charge in [-0.1, -0.05) is 12.1 Å². The van der Waals surface area contributed by atoms with Crippen LogP contribution < -0.4 is 22.1 Å². The molecule has 1 atom stereocenters. The van der Waals surface area contributed by atoms with Crippen molar-refractivity contribution >= 4 is 17.8 Å². The third-order valence-corrected chi connectivity index (χ3v) is 7.35. The van der Waals surface area contributed by atoms with Crippen molar-refractivity contribution < 1.29 is 9.59 Å². The summed E-state index contributed by atoms with van der Waals surface area (Å²) in [7, 11) is 2.17. The minimum Gasteiger partial charge on any atom is -0.338 e. The number of nitrogens with one attached hydrogen (secondary N) is 2. The zero-order chi connectivity index (χ0) is 27.4. The molecule has 2 aliphatic rings. The normalized spacial score (nSPS) is 17.3. The first-order valence-corrected chi connectivity index (χ1v) is 13.3. The van der Waals surface area contributed by atoms with E-state index >= 15 is 0 Å². The van der Waals surface area contributed by atoms with Gasteiger partial charge < -0.3 is 25.8 Å². The minimum absolute atomic E-state index is 0.139. The maximum atomic E-state index is 12.7. The molecule has 0 saturated carbocycles. The first kappa shape index (κ1) is 27.7. The first-order chi connectivity index (χ1) is 18.0. The zero-order valence-corrected chi connectivity index (χ0v) is 22.8. The molecule has 1 aromatic carbocycles. The summed E-state index contributed by atoms with van der Waals surface area (Å²) in [6.45, 7) is 10.5. The molecule has 11 nitrogen and oxygen atoms in total. The number of rotatable bonds is 8. The number of piperazine rings is 1. The number of anilines is 1. The fourth-order valence-electron chi connectivity index (χ4n) is 4.73. The van der Waals surface area contributed by atoms with E-state index in [1.54, 1.807) is 35.9 Å². The van der Waals surface area contributed by atoms with E-state index in [1.807, 2.05) is 24.3 Å². The molecule has 11 heteroatoms. The number of amides is 3. The fraction of sp³-hybridized carbons (Fsp3) is 0.556. The average Bonchev–Trinajstić information content (AvgIpc) is 2.86. The van der Waals surface area contributed by atoms with Gasteiger partial charge in [0.2, 0.25) is 5.91 Å². The number of carbonyl (C=O) groups excluding carboxylic acids is 2. The van der Waals surface area contributed by atoms with Crippen LogP contribution in [0, 0.1) is 5.92 Å². The van der Waals surface area contributed by atoms with Crippen LogP contribution in [0.5, 0.6) is 0 Å². The van der Waals surface area contributed by atoms with Crippen molar-refractivity contribution in [2.24, 2.45) is 11.7 Å². The number of likely N-dealkylation sites (N-methyl/N-ethyl adjacent to an activating group) is 1. The molecule has 2 aromatic rings. The van der Waals surface area contributed by atoms with Gasteiger partial charge in [-0.25, -0.2) is 9.59 Å². The first-order valence-electron chi connectivity index (χ1n) is 13.3. The van der Waals surface area contributed by atoms with Gasteiger partial charge in [0.05, 0.1) is 11.2 Å². The standard InChI is InChI=1S/C27H40N8O3/c1-19(32(4)18-21-16-29-17-21)15-20-5-7-22(8-6-20)35-10-9-23(31-26(35)38)30-25(37)34-13-11-33(12-14-34)24(36)27(2,3)28/h5-10,19,21,29H,11-18,28H2,1-4H3,(H,30,31,37,38). The van der Waals surface area contributed by atoms with Crippen LogP contribution in [0.1, 0.15) is 26.3 Å². The zero-order valence-electron chi connectivity index (χ0n) is 22.8. The molecular weight excluding hydrogens is 484 g/mol. The van der Waals surface area contributed by atoms with Crippen molar-refractivity contribution in [3.63, 3.8) is 0 Å². The van der Waals surface area contributed by atoms with Gasteiger partial charge in [0.15, 0.2) is 0 Å². The number of nitrogens with zero attached hydrogens (tertiary/aromatic N) is 5. The maximum Gasteiger partial charge on any atom is 0.354 e. The average molecular weight is 525 g/mol. The summed E-state index contributed by atoms with van der Waals surface area (Å²) < 4.78 is 1.46. The topological polar surface area (TPSA) is 129 Å². The molecule has 2 saturated heterocycles. The molecule has 3 amide bonds. The predicted molar refractivity (Wildman–Crippen MR) is 147 cm³/mol. The Morgan fingerprint density at radius 1 is 1.13 bits per heavy atom. The Morgan fingerprint density at radius 3 is 2.32 bits per heavy atom. The Bertz CT molecular complexity index is 1180. The molecule has 4 rings (SSSR count). The van der Waals surface area contributed by atoms with Crippen LogP contribution in [0.3, 0.4) is 0 Å². The number of hydrogen-bond donors (Lipinski definition) is 3. The Balaban J connectivity index is 1.31. The lowest BCUT2D eigenvalue weighted by Gasteiger charge is -2.37. The van der Waals surface area contributed by atoms with Crippen LogP contribution in [0.2, 0.25) is 0 Å². The number of urea groups is 1. The molecule has 0 spiro atoms. The molecule has 1 unspecified atom stereocenters. The number of carbonyl (C=O) groups is 2. The number of aromatic nitrogens is 2. The van der Waals surface area contributed by atoms with Crippen molar-refractivity contribution in [3.05, 3.63) is 52.6 Å². The van der Waals surface area contributed by atoms with Crippen molar-refractivity contribution in [3.8, 4) is 5.69 Å². The second-order valence-corrected chi connectivity index (χ2v) is 11.1. The summed E-state index contributed by atoms with van der Waals surface area (Å²) in [5.41, 5.74) is 6.41. The van der Waals surface area contributed by atoms with Crippen LogP contribution in [-0.4, -0.2) is 101 Å². The minimum atomic E-state index is -0.944. The van der Waals surface area contributed by atoms with Gasteiger partial charge in [0, 0.05) is 58.1 Å². The molecule has 3 heterocycles.